The van der Waals surface area contributed by atoms with E-state index in [-0.39, 0.29) is 52.1 Å². The third kappa shape index (κ3) is 3.41. The van der Waals surface area contributed by atoms with Crippen LogP contribution >= 0.6 is 11.6 Å². The zero-order chi connectivity index (χ0) is 24.1. The van der Waals surface area contributed by atoms with Crippen LogP contribution in [-0.4, -0.2) is 59.5 Å². The highest BCUT2D eigenvalue weighted by Crippen LogP contribution is 2.46. The molecule has 8 nitrogen and oxygen atoms in total. The Morgan fingerprint density at radius 1 is 1.29 bits per heavy atom. The van der Waals surface area contributed by atoms with Gasteiger partial charge < -0.3 is 19.5 Å². The number of halogens is 2. The number of amides is 2. The van der Waals surface area contributed by atoms with E-state index in [1.54, 1.807) is 11.0 Å². The SMILES string of the molecule is CCN1C[C@@H]2CC(N3CCC3)c3c(C(=O)NCc4cccc(Cl)c4F)c(=O)c(OC)c(n32)C1=O. The Labute approximate surface area is 201 Å². The second-order valence-corrected chi connectivity index (χ2v) is 9.28. The summed E-state index contributed by atoms with van der Waals surface area (Å²) in [7, 11) is 1.33. The van der Waals surface area contributed by atoms with Gasteiger partial charge in [0.1, 0.15) is 11.4 Å². The van der Waals surface area contributed by atoms with E-state index in [2.05, 4.69) is 10.2 Å². The van der Waals surface area contributed by atoms with Gasteiger partial charge in [-0.25, -0.2) is 4.39 Å². The van der Waals surface area contributed by atoms with Crippen LogP contribution in [0.3, 0.4) is 0 Å². The number of rotatable bonds is 6. The van der Waals surface area contributed by atoms with Crippen molar-refractivity contribution in [3.63, 3.8) is 0 Å². The fourth-order valence-corrected chi connectivity index (χ4v) is 5.51. The number of ether oxygens (including phenoxy) is 1. The van der Waals surface area contributed by atoms with Crippen molar-refractivity contribution in [2.24, 2.45) is 0 Å². The summed E-state index contributed by atoms with van der Waals surface area (Å²) < 4.78 is 21.6. The van der Waals surface area contributed by atoms with E-state index in [0.717, 1.165) is 19.5 Å². The Balaban J connectivity index is 1.62. The Kier molecular flexibility index (Phi) is 5.85. The number of methoxy groups -OCH3 is 1. The van der Waals surface area contributed by atoms with Gasteiger partial charge in [0.2, 0.25) is 5.43 Å². The number of carbonyl (C=O) groups is 2. The molecular weight excluding hydrogens is 463 g/mol. The Morgan fingerprint density at radius 3 is 2.71 bits per heavy atom. The summed E-state index contributed by atoms with van der Waals surface area (Å²) in [6, 6.07) is 4.35. The molecule has 3 aliphatic heterocycles. The third-order valence-corrected chi connectivity index (χ3v) is 7.41. The highest BCUT2D eigenvalue weighted by atomic mass is 35.5. The minimum atomic E-state index is -0.621. The first kappa shape index (κ1) is 22.9. The molecule has 5 rings (SSSR count). The maximum Gasteiger partial charge on any atom is 0.274 e. The number of hydrogen-bond donors (Lipinski definition) is 1. The summed E-state index contributed by atoms with van der Waals surface area (Å²) in [6.07, 6.45) is 1.75. The molecule has 34 heavy (non-hydrogen) atoms. The lowest BCUT2D eigenvalue weighted by Gasteiger charge is -2.37. The molecule has 1 aromatic heterocycles. The zero-order valence-corrected chi connectivity index (χ0v) is 19.8. The van der Waals surface area contributed by atoms with Gasteiger partial charge >= 0.3 is 0 Å². The van der Waals surface area contributed by atoms with Crippen molar-refractivity contribution >= 4 is 23.4 Å². The Morgan fingerprint density at radius 2 is 2.06 bits per heavy atom. The minimum Gasteiger partial charge on any atom is -0.491 e. The Bertz CT molecular complexity index is 1240. The van der Waals surface area contributed by atoms with Gasteiger partial charge in [-0.3, -0.25) is 19.3 Å². The van der Waals surface area contributed by atoms with Crippen LogP contribution in [0.1, 0.15) is 64.0 Å². The van der Waals surface area contributed by atoms with E-state index in [4.69, 9.17) is 16.3 Å². The summed E-state index contributed by atoms with van der Waals surface area (Å²) >= 11 is 5.86. The van der Waals surface area contributed by atoms with Crippen LogP contribution in [0.4, 0.5) is 4.39 Å². The van der Waals surface area contributed by atoms with Crippen molar-refractivity contribution in [2.75, 3.05) is 33.3 Å². The number of likely N-dealkylation sites (tertiary alicyclic amines) is 1. The number of aromatic nitrogens is 1. The first-order chi connectivity index (χ1) is 16.4. The lowest BCUT2D eigenvalue weighted by atomic mass is 9.99. The largest absolute Gasteiger partial charge is 0.491 e. The second kappa shape index (κ2) is 8.70. The molecule has 2 atom stereocenters. The molecule has 2 amide bonds. The van der Waals surface area contributed by atoms with Gasteiger partial charge in [0, 0.05) is 38.3 Å². The van der Waals surface area contributed by atoms with Crippen LogP contribution in [-0.2, 0) is 6.54 Å². The van der Waals surface area contributed by atoms with Gasteiger partial charge in [-0.1, -0.05) is 23.7 Å². The molecule has 1 aromatic carbocycles. The van der Waals surface area contributed by atoms with Gasteiger partial charge in [-0.15, -0.1) is 0 Å². The molecule has 0 spiro atoms. The topological polar surface area (TPSA) is 83.9 Å². The number of nitrogens with zero attached hydrogens (tertiary/aromatic N) is 3. The number of pyridine rings is 1. The molecule has 1 fully saturated rings. The molecule has 4 heterocycles. The number of benzene rings is 1. The maximum absolute atomic E-state index is 14.3. The number of nitrogens with one attached hydrogen (secondary N) is 1. The predicted octanol–water partition coefficient (Wildman–Crippen LogP) is 2.75. The highest BCUT2D eigenvalue weighted by Gasteiger charge is 2.47. The van der Waals surface area contributed by atoms with Crippen molar-refractivity contribution < 1.29 is 18.7 Å². The van der Waals surface area contributed by atoms with Crippen molar-refractivity contribution in [3.05, 3.63) is 61.8 Å². The van der Waals surface area contributed by atoms with Crippen LogP contribution in [0.5, 0.6) is 5.75 Å². The lowest BCUT2D eigenvalue weighted by Crippen LogP contribution is -2.45. The van der Waals surface area contributed by atoms with E-state index in [9.17, 15) is 18.8 Å². The quantitative estimate of drug-likeness (QED) is 0.676. The first-order valence-corrected chi connectivity index (χ1v) is 11.9. The number of likely N-dealkylation sites (N-methyl/N-ethyl adjacent to an activating group) is 1. The minimum absolute atomic E-state index is 0.0412. The molecular formula is C24H26ClFN4O4. The van der Waals surface area contributed by atoms with Crippen molar-refractivity contribution in [1.82, 2.24) is 19.7 Å². The zero-order valence-electron chi connectivity index (χ0n) is 19.1. The molecule has 0 radical (unpaired) electrons. The molecule has 10 heteroatoms. The van der Waals surface area contributed by atoms with E-state index in [1.165, 1.54) is 19.2 Å². The molecule has 0 bridgehead atoms. The van der Waals surface area contributed by atoms with Crippen LogP contribution in [0.15, 0.2) is 23.0 Å². The third-order valence-electron chi connectivity index (χ3n) is 7.12. The fourth-order valence-electron chi connectivity index (χ4n) is 5.32. The van der Waals surface area contributed by atoms with E-state index in [0.29, 0.717) is 25.2 Å². The van der Waals surface area contributed by atoms with E-state index in [1.807, 2.05) is 11.5 Å². The summed E-state index contributed by atoms with van der Waals surface area (Å²) in [6.45, 7) is 4.54. The normalized spacial score (nSPS) is 21.3. The van der Waals surface area contributed by atoms with Gasteiger partial charge in [0.25, 0.3) is 11.8 Å². The second-order valence-electron chi connectivity index (χ2n) is 8.88. The molecule has 1 saturated heterocycles. The van der Waals surface area contributed by atoms with Crippen LogP contribution in [0, 0.1) is 5.82 Å². The van der Waals surface area contributed by atoms with Crippen molar-refractivity contribution in [2.45, 2.75) is 38.4 Å². The predicted molar refractivity (Wildman–Crippen MR) is 124 cm³/mol. The molecule has 1 unspecified atom stereocenters. The average molecular weight is 489 g/mol. The highest BCUT2D eigenvalue weighted by molar-refractivity contribution is 6.30. The molecule has 2 aromatic rings. The Hall–Kier alpha value is -2.91. The van der Waals surface area contributed by atoms with Crippen LogP contribution < -0.4 is 15.5 Å². The molecule has 1 N–H and O–H groups in total. The lowest BCUT2D eigenvalue weighted by molar-refractivity contribution is 0.0664. The molecule has 0 saturated carbocycles. The average Bonchev–Trinajstić information content (AvgIpc) is 3.14. The summed E-state index contributed by atoms with van der Waals surface area (Å²) in [4.78, 5) is 44.2. The smallest absolute Gasteiger partial charge is 0.274 e. The fraction of sp³-hybridized carbons (Fsp3) is 0.458. The van der Waals surface area contributed by atoms with Crippen LogP contribution in [0.2, 0.25) is 5.02 Å². The summed E-state index contributed by atoms with van der Waals surface area (Å²) in [5.41, 5.74) is 0.318. The maximum atomic E-state index is 14.3. The number of carbonyl (C=O) groups excluding carboxylic acids is 2. The standard InChI is InChI=1S/C24H26ClFN4O4/c1-3-28-12-14-10-16(29-8-5-9-29)19-17(21(31)22(34-2)20(24(28)33)30(14)19)23(32)27-11-13-6-4-7-15(25)18(13)26/h4,6-7,14,16H,3,5,8-12H2,1-2H3,(H,27,32)/t14-,16?/m0/s1. The van der Waals surface area contributed by atoms with Gasteiger partial charge in [-0.2, -0.15) is 0 Å². The van der Waals surface area contributed by atoms with Gasteiger partial charge in [0.05, 0.1) is 29.9 Å². The molecule has 180 valence electrons. The number of hydrogen-bond acceptors (Lipinski definition) is 5. The van der Waals surface area contributed by atoms with Crippen molar-refractivity contribution in [1.29, 1.82) is 0 Å². The summed E-state index contributed by atoms with van der Waals surface area (Å²) in [5.74, 6) is -1.63. The molecule has 3 aliphatic rings. The van der Waals surface area contributed by atoms with E-state index < -0.39 is 17.2 Å². The van der Waals surface area contributed by atoms with Gasteiger partial charge in [0.15, 0.2) is 11.4 Å². The first-order valence-electron chi connectivity index (χ1n) is 11.5. The van der Waals surface area contributed by atoms with Crippen molar-refractivity contribution in [3.8, 4) is 5.75 Å². The van der Waals surface area contributed by atoms with E-state index >= 15 is 0 Å². The van der Waals surface area contributed by atoms with Gasteiger partial charge in [-0.05, 0) is 25.8 Å². The van der Waals surface area contributed by atoms with Crippen LogP contribution in [0.25, 0.3) is 0 Å². The summed E-state index contributed by atoms with van der Waals surface area (Å²) in [5, 5.41) is 2.64. The monoisotopic (exact) mass is 488 g/mol. The molecule has 0 aliphatic carbocycles.